The summed E-state index contributed by atoms with van der Waals surface area (Å²) < 4.78 is 0. The maximum Gasteiger partial charge on any atom is 1.00 e. The Kier molecular flexibility index (Phi) is 4.45. The Morgan fingerprint density at radius 2 is 2.00 bits per heavy atom. The fraction of sp³-hybridized carbons (Fsp3) is 0.800. The Morgan fingerprint density at radius 3 is 2.33 bits per heavy atom. The van der Waals surface area contributed by atoms with Gasteiger partial charge in [0.1, 0.15) is 0 Å². The van der Waals surface area contributed by atoms with Crippen molar-refractivity contribution in [1.82, 2.24) is 0 Å². The van der Waals surface area contributed by atoms with Crippen molar-refractivity contribution in [3.05, 3.63) is 11.8 Å². The molecule has 0 aromatic rings. The standard InChI is InChI=1S/C10H18O.Li/c1-10(2,3)8-5-4-6-9(11)7-8;/h6,8,11H,4-5,7H2,1-3H3;/q;+1/p-1/t8-;/m1./s1. The van der Waals surface area contributed by atoms with E-state index in [1.807, 2.05) is 6.08 Å². The molecule has 2 heteroatoms. The van der Waals surface area contributed by atoms with Crippen molar-refractivity contribution in [3.8, 4) is 0 Å². The first kappa shape index (κ1) is 12.1. The fourth-order valence-electron chi connectivity index (χ4n) is 1.61. The van der Waals surface area contributed by atoms with Crippen molar-refractivity contribution in [3.63, 3.8) is 0 Å². The third kappa shape index (κ3) is 3.25. The second-order valence-corrected chi connectivity index (χ2v) is 4.51. The van der Waals surface area contributed by atoms with Crippen LogP contribution in [0, 0.1) is 11.3 Å². The molecule has 0 aromatic heterocycles. The minimum absolute atomic E-state index is 0. The van der Waals surface area contributed by atoms with Gasteiger partial charge >= 0.3 is 18.9 Å². The van der Waals surface area contributed by atoms with Crippen LogP contribution in [0.4, 0.5) is 0 Å². The van der Waals surface area contributed by atoms with Crippen molar-refractivity contribution in [2.45, 2.75) is 40.0 Å². The average Bonchev–Trinajstić information content (AvgIpc) is 1.86. The molecule has 12 heavy (non-hydrogen) atoms. The van der Waals surface area contributed by atoms with Gasteiger partial charge in [-0.15, -0.1) is 5.76 Å². The number of rotatable bonds is 0. The fourth-order valence-corrected chi connectivity index (χ4v) is 1.61. The van der Waals surface area contributed by atoms with Gasteiger partial charge in [0.15, 0.2) is 0 Å². The van der Waals surface area contributed by atoms with E-state index in [1.165, 1.54) is 6.42 Å². The molecular weight excluding hydrogens is 143 g/mol. The summed E-state index contributed by atoms with van der Waals surface area (Å²) in [5.41, 5.74) is 0.309. The van der Waals surface area contributed by atoms with Crippen LogP contribution in [0.15, 0.2) is 11.8 Å². The summed E-state index contributed by atoms with van der Waals surface area (Å²) in [4.78, 5) is 0. The summed E-state index contributed by atoms with van der Waals surface area (Å²) in [5.74, 6) is 0.941. The predicted molar refractivity (Wildman–Crippen MR) is 44.9 cm³/mol. The van der Waals surface area contributed by atoms with Gasteiger partial charge in [0.2, 0.25) is 0 Å². The number of hydrogen-bond donors (Lipinski definition) is 0. The minimum atomic E-state index is 0. The molecular formula is C10H17LiO. The Morgan fingerprint density at radius 1 is 1.42 bits per heavy atom. The molecule has 1 rings (SSSR count). The zero-order chi connectivity index (χ0) is 8.48. The summed E-state index contributed by atoms with van der Waals surface area (Å²) in [6.45, 7) is 6.66. The first-order valence-electron chi connectivity index (χ1n) is 4.36. The molecule has 0 spiro atoms. The van der Waals surface area contributed by atoms with E-state index in [1.54, 1.807) is 0 Å². The van der Waals surface area contributed by atoms with Crippen molar-refractivity contribution in [2.24, 2.45) is 11.3 Å². The molecule has 1 atom stereocenters. The van der Waals surface area contributed by atoms with Gasteiger partial charge in [0.25, 0.3) is 0 Å². The molecule has 0 amide bonds. The van der Waals surface area contributed by atoms with Crippen LogP contribution >= 0.6 is 0 Å². The molecule has 1 nitrogen and oxygen atoms in total. The van der Waals surface area contributed by atoms with Gasteiger partial charge in [-0.3, -0.25) is 0 Å². The molecule has 1 aliphatic rings. The normalized spacial score (nSPS) is 24.2. The molecule has 0 saturated carbocycles. The Balaban J connectivity index is 0.00000121. The first-order valence-corrected chi connectivity index (χ1v) is 4.36. The van der Waals surface area contributed by atoms with Gasteiger partial charge in [0, 0.05) is 0 Å². The third-order valence-electron chi connectivity index (χ3n) is 2.56. The van der Waals surface area contributed by atoms with Crippen molar-refractivity contribution in [2.75, 3.05) is 0 Å². The van der Waals surface area contributed by atoms with Crippen LogP contribution in [-0.2, 0) is 0 Å². The topological polar surface area (TPSA) is 23.1 Å². The zero-order valence-electron chi connectivity index (χ0n) is 8.68. The van der Waals surface area contributed by atoms with Gasteiger partial charge in [-0.1, -0.05) is 26.8 Å². The second-order valence-electron chi connectivity index (χ2n) is 4.51. The monoisotopic (exact) mass is 160 g/mol. The van der Waals surface area contributed by atoms with E-state index >= 15 is 0 Å². The van der Waals surface area contributed by atoms with Gasteiger partial charge in [-0.25, -0.2) is 0 Å². The SMILES string of the molecule is CC(C)(C)[C@@H]1CCC=C([O-])C1.[Li+]. The Labute approximate surface area is 87.4 Å². The molecule has 0 bridgehead atoms. The first-order chi connectivity index (χ1) is 5.00. The molecule has 1 aliphatic carbocycles. The summed E-state index contributed by atoms with van der Waals surface area (Å²) in [5, 5.41) is 11.1. The van der Waals surface area contributed by atoms with Crippen LogP contribution in [0.2, 0.25) is 0 Å². The predicted octanol–water partition coefficient (Wildman–Crippen LogP) is -0.919. The maximum absolute atomic E-state index is 11.1. The molecule has 0 saturated heterocycles. The number of hydrogen-bond acceptors (Lipinski definition) is 1. The molecule has 0 aromatic carbocycles. The molecule has 0 N–H and O–H groups in total. The van der Waals surface area contributed by atoms with Gasteiger partial charge < -0.3 is 5.11 Å². The van der Waals surface area contributed by atoms with E-state index in [0.717, 1.165) is 12.8 Å². The number of allylic oxidation sites excluding steroid dienone is 2. The van der Waals surface area contributed by atoms with E-state index in [4.69, 9.17) is 0 Å². The quantitative estimate of drug-likeness (QED) is 0.420. The van der Waals surface area contributed by atoms with E-state index in [9.17, 15) is 5.11 Å². The van der Waals surface area contributed by atoms with Crippen LogP contribution in [0.3, 0.4) is 0 Å². The van der Waals surface area contributed by atoms with Crippen LogP contribution in [0.25, 0.3) is 0 Å². The van der Waals surface area contributed by atoms with E-state index < -0.39 is 0 Å². The van der Waals surface area contributed by atoms with Crippen LogP contribution in [0.5, 0.6) is 0 Å². The maximum atomic E-state index is 11.1. The molecule has 0 unspecified atom stereocenters. The Hall–Kier alpha value is 0.137. The largest absolute Gasteiger partial charge is 1.00 e. The van der Waals surface area contributed by atoms with Gasteiger partial charge in [-0.2, -0.15) is 0 Å². The Bertz CT molecular complexity index is 167. The van der Waals surface area contributed by atoms with Crippen molar-refractivity contribution < 1.29 is 24.0 Å². The van der Waals surface area contributed by atoms with E-state index in [-0.39, 0.29) is 18.9 Å². The summed E-state index contributed by atoms with van der Waals surface area (Å²) >= 11 is 0. The second kappa shape index (κ2) is 4.40. The summed E-state index contributed by atoms with van der Waals surface area (Å²) in [6, 6.07) is 0. The van der Waals surface area contributed by atoms with Gasteiger partial charge in [0.05, 0.1) is 0 Å². The zero-order valence-corrected chi connectivity index (χ0v) is 8.68. The van der Waals surface area contributed by atoms with Crippen LogP contribution in [0.1, 0.15) is 40.0 Å². The van der Waals surface area contributed by atoms with Crippen LogP contribution < -0.4 is 24.0 Å². The molecule has 0 radical (unpaired) electrons. The van der Waals surface area contributed by atoms with Crippen molar-refractivity contribution in [1.29, 1.82) is 0 Å². The van der Waals surface area contributed by atoms with Crippen LogP contribution in [-0.4, -0.2) is 0 Å². The summed E-state index contributed by atoms with van der Waals surface area (Å²) in [6.07, 6.45) is 4.78. The van der Waals surface area contributed by atoms with E-state index in [2.05, 4.69) is 20.8 Å². The van der Waals surface area contributed by atoms with Gasteiger partial charge in [-0.05, 0) is 30.6 Å². The minimum Gasteiger partial charge on any atom is -0.876 e. The third-order valence-corrected chi connectivity index (χ3v) is 2.56. The van der Waals surface area contributed by atoms with Crippen molar-refractivity contribution >= 4 is 0 Å². The summed E-state index contributed by atoms with van der Waals surface area (Å²) in [7, 11) is 0. The molecule has 0 fully saturated rings. The average molecular weight is 160 g/mol. The molecule has 64 valence electrons. The molecule has 0 aliphatic heterocycles. The van der Waals surface area contributed by atoms with E-state index in [0.29, 0.717) is 17.1 Å². The molecule has 0 heterocycles. The smallest absolute Gasteiger partial charge is 0.876 e.